The molecule has 1 aliphatic rings. The predicted molar refractivity (Wildman–Crippen MR) is 149 cm³/mol. The first-order valence-corrected chi connectivity index (χ1v) is 15.4. The molecule has 0 atom stereocenters. The number of Topliss-reactive ketones (excluding diaryl/α,β-unsaturated/α-hetero) is 1. The molecule has 8 heteroatoms. The highest BCUT2D eigenvalue weighted by Crippen LogP contribution is 2.32. The SMILES string of the molecule is CCCCCCCCCCC(=O)CC[NH+]1CCC(=C(c2ccsc2)c2ccsc2)CC1.O=C([O-])C(=O)O. The summed E-state index contributed by atoms with van der Waals surface area (Å²) in [6, 6.07) is 4.52. The van der Waals surface area contributed by atoms with E-state index in [0.717, 1.165) is 51.7 Å². The number of nitrogens with one attached hydrogen (secondary N) is 1. The van der Waals surface area contributed by atoms with Crippen LogP contribution >= 0.6 is 22.7 Å². The van der Waals surface area contributed by atoms with Gasteiger partial charge in [-0.2, -0.15) is 22.7 Å². The molecule has 1 fully saturated rings. The van der Waals surface area contributed by atoms with Gasteiger partial charge in [0.15, 0.2) is 5.97 Å². The summed E-state index contributed by atoms with van der Waals surface area (Å²) in [4.78, 5) is 32.0. The van der Waals surface area contributed by atoms with Crippen molar-refractivity contribution in [1.29, 1.82) is 0 Å². The predicted octanol–water partition coefficient (Wildman–Crippen LogP) is 4.60. The van der Waals surface area contributed by atoms with Crippen molar-refractivity contribution in [3.05, 3.63) is 50.4 Å². The highest BCUT2D eigenvalue weighted by molar-refractivity contribution is 7.08. The van der Waals surface area contributed by atoms with Crippen molar-refractivity contribution < 1.29 is 29.5 Å². The standard InChI is InChI=1S/C27H39NOS2.C2H2O4/c1-2-3-4-5-6-7-8-9-10-26(29)13-18-28-16-11-23(12-17-28)27(24-14-19-30-21-24)25-15-20-31-22-25;3-1(4)2(5)6/h14-15,19-22H,2-13,16-18H2,1H3;(H,3,4)(H,5,6). The summed E-state index contributed by atoms with van der Waals surface area (Å²) in [7, 11) is 0. The average molecular weight is 548 g/mol. The Hall–Kier alpha value is -2.29. The Morgan fingerprint density at radius 3 is 1.84 bits per heavy atom. The number of carbonyl (C=O) groups excluding carboxylic acids is 2. The summed E-state index contributed by atoms with van der Waals surface area (Å²) in [6.07, 6.45) is 14.3. The van der Waals surface area contributed by atoms with Crippen molar-refractivity contribution in [2.75, 3.05) is 19.6 Å². The lowest BCUT2D eigenvalue weighted by molar-refractivity contribution is -0.902. The Kier molecular flexibility index (Phi) is 15.1. The molecule has 2 aromatic heterocycles. The third-order valence-electron chi connectivity index (χ3n) is 6.78. The fourth-order valence-corrected chi connectivity index (χ4v) is 5.98. The van der Waals surface area contributed by atoms with Crippen molar-refractivity contribution in [2.45, 2.75) is 84.0 Å². The molecule has 0 bridgehead atoms. The molecule has 1 saturated heterocycles. The lowest BCUT2D eigenvalue weighted by Gasteiger charge is -2.27. The number of piperidine rings is 1. The number of thiophene rings is 2. The average Bonchev–Trinajstić information content (AvgIpc) is 3.61. The maximum atomic E-state index is 12.3. The van der Waals surface area contributed by atoms with E-state index in [1.54, 1.807) is 33.1 Å². The van der Waals surface area contributed by atoms with E-state index in [-0.39, 0.29) is 0 Å². The Morgan fingerprint density at radius 2 is 1.38 bits per heavy atom. The molecule has 3 heterocycles. The molecule has 2 N–H and O–H groups in total. The van der Waals surface area contributed by atoms with Crippen LogP contribution < -0.4 is 10.0 Å². The minimum absolute atomic E-state index is 0.483. The number of rotatable bonds is 14. The molecule has 6 nitrogen and oxygen atoms in total. The number of unbranched alkanes of at least 4 members (excludes halogenated alkanes) is 7. The van der Waals surface area contributed by atoms with Gasteiger partial charge in [-0.3, -0.25) is 4.79 Å². The molecule has 0 aliphatic carbocycles. The Bertz CT molecular complexity index is 908. The largest absolute Gasteiger partial charge is 0.539 e. The summed E-state index contributed by atoms with van der Waals surface area (Å²) in [5.74, 6) is -3.53. The number of hydrogen-bond donors (Lipinski definition) is 2. The number of carboxylic acid groups (broad SMARTS) is 2. The Balaban J connectivity index is 0.000000717. The molecule has 0 aromatic carbocycles. The van der Waals surface area contributed by atoms with Gasteiger partial charge < -0.3 is 19.9 Å². The van der Waals surface area contributed by atoms with Gasteiger partial charge in [0, 0.05) is 19.3 Å². The van der Waals surface area contributed by atoms with Gasteiger partial charge in [-0.05, 0) is 56.8 Å². The van der Waals surface area contributed by atoms with Crippen LogP contribution in [0.4, 0.5) is 0 Å². The maximum Gasteiger partial charge on any atom is 0.351 e. The smallest absolute Gasteiger partial charge is 0.351 e. The number of quaternary nitrogens is 1. The van der Waals surface area contributed by atoms with Gasteiger partial charge in [-0.15, -0.1) is 0 Å². The second-order valence-electron chi connectivity index (χ2n) is 9.61. The van der Waals surface area contributed by atoms with Crippen LogP contribution in [0, 0.1) is 0 Å². The molecular weight excluding hydrogens is 506 g/mol. The topological polar surface area (TPSA) is 98.9 Å². The zero-order valence-corrected chi connectivity index (χ0v) is 23.6. The fourth-order valence-electron chi connectivity index (χ4n) is 4.69. The number of hydrogen-bond acceptors (Lipinski definition) is 6. The van der Waals surface area contributed by atoms with E-state index in [1.165, 1.54) is 61.6 Å². The Morgan fingerprint density at radius 1 is 0.865 bits per heavy atom. The molecule has 37 heavy (non-hydrogen) atoms. The normalized spacial score (nSPS) is 15.1. The van der Waals surface area contributed by atoms with Crippen LogP contribution in [0.15, 0.2) is 39.2 Å². The van der Waals surface area contributed by atoms with Crippen molar-refractivity contribution in [3.8, 4) is 0 Å². The number of ketones is 1. The highest BCUT2D eigenvalue weighted by atomic mass is 32.1. The van der Waals surface area contributed by atoms with E-state index in [4.69, 9.17) is 19.8 Å². The minimum Gasteiger partial charge on any atom is -0.539 e. The van der Waals surface area contributed by atoms with Gasteiger partial charge in [0.2, 0.25) is 0 Å². The van der Waals surface area contributed by atoms with Crippen molar-refractivity contribution in [3.63, 3.8) is 0 Å². The molecule has 0 saturated carbocycles. The lowest BCUT2D eigenvalue weighted by Crippen LogP contribution is -3.13. The zero-order chi connectivity index (χ0) is 26.9. The zero-order valence-electron chi connectivity index (χ0n) is 22.0. The van der Waals surface area contributed by atoms with Crippen LogP contribution in [0.3, 0.4) is 0 Å². The molecule has 0 amide bonds. The molecular formula is C29H41NO5S2. The van der Waals surface area contributed by atoms with Crippen LogP contribution in [0.1, 0.15) is 95.1 Å². The van der Waals surface area contributed by atoms with Crippen molar-refractivity contribution in [2.24, 2.45) is 0 Å². The summed E-state index contributed by atoms with van der Waals surface area (Å²) in [5.41, 5.74) is 5.82. The van der Waals surface area contributed by atoms with Gasteiger partial charge in [0.1, 0.15) is 5.78 Å². The minimum atomic E-state index is -2.07. The van der Waals surface area contributed by atoms with E-state index < -0.39 is 11.9 Å². The molecule has 0 radical (unpaired) electrons. The summed E-state index contributed by atoms with van der Waals surface area (Å²) in [5, 5.41) is 25.2. The van der Waals surface area contributed by atoms with E-state index in [9.17, 15) is 4.79 Å². The quantitative estimate of drug-likeness (QED) is 0.266. The fraction of sp³-hybridized carbons (Fsp3) is 0.552. The van der Waals surface area contributed by atoms with Crippen molar-refractivity contribution in [1.82, 2.24) is 0 Å². The first kappa shape index (κ1) is 30.9. The monoisotopic (exact) mass is 547 g/mol. The maximum absolute atomic E-state index is 12.3. The molecule has 1 aliphatic heterocycles. The van der Waals surface area contributed by atoms with Crippen LogP contribution in [0.25, 0.3) is 5.57 Å². The third kappa shape index (κ3) is 12.2. The molecule has 0 unspecified atom stereocenters. The number of carboxylic acids is 2. The Labute approximate surface area is 229 Å². The summed E-state index contributed by atoms with van der Waals surface area (Å²) >= 11 is 3.56. The van der Waals surface area contributed by atoms with E-state index >= 15 is 0 Å². The van der Waals surface area contributed by atoms with Gasteiger partial charge in [-0.1, -0.05) is 57.4 Å². The van der Waals surface area contributed by atoms with E-state index in [0.29, 0.717) is 5.78 Å². The third-order valence-corrected chi connectivity index (χ3v) is 8.14. The summed E-state index contributed by atoms with van der Waals surface area (Å²) < 4.78 is 0. The van der Waals surface area contributed by atoms with Gasteiger partial charge >= 0.3 is 5.97 Å². The van der Waals surface area contributed by atoms with Crippen LogP contribution in [-0.2, 0) is 14.4 Å². The van der Waals surface area contributed by atoms with E-state index in [1.807, 2.05) is 0 Å². The lowest BCUT2D eigenvalue weighted by atomic mass is 9.91. The molecule has 204 valence electrons. The van der Waals surface area contributed by atoms with Crippen LogP contribution in [0.2, 0.25) is 0 Å². The highest BCUT2D eigenvalue weighted by Gasteiger charge is 2.22. The molecule has 0 spiro atoms. The van der Waals surface area contributed by atoms with Crippen LogP contribution in [-0.4, -0.2) is 42.5 Å². The number of carbonyl (C=O) groups is 3. The molecule has 3 rings (SSSR count). The first-order valence-electron chi connectivity index (χ1n) is 13.5. The van der Waals surface area contributed by atoms with Crippen molar-refractivity contribution >= 4 is 46.0 Å². The second kappa shape index (κ2) is 18.0. The van der Waals surface area contributed by atoms with Gasteiger partial charge in [0.05, 0.1) is 26.1 Å². The van der Waals surface area contributed by atoms with Crippen LogP contribution in [0.5, 0.6) is 0 Å². The number of likely N-dealkylation sites (tertiary alicyclic amines) is 1. The number of aliphatic carboxylic acids is 2. The summed E-state index contributed by atoms with van der Waals surface area (Å²) in [6.45, 7) is 5.62. The molecule has 2 aromatic rings. The first-order chi connectivity index (χ1) is 17.9. The second-order valence-corrected chi connectivity index (χ2v) is 11.2. The van der Waals surface area contributed by atoms with E-state index in [2.05, 4.69) is 40.6 Å². The van der Waals surface area contributed by atoms with Gasteiger partial charge in [0.25, 0.3) is 0 Å². The van der Waals surface area contributed by atoms with Gasteiger partial charge in [-0.25, -0.2) is 4.79 Å².